The van der Waals surface area contributed by atoms with Crippen LogP contribution in [0.15, 0.2) is 42.6 Å². The Kier molecular flexibility index (Phi) is 4.58. The second-order valence-electron chi connectivity index (χ2n) is 4.45. The highest BCUT2D eigenvalue weighted by atomic mass is 35.5. The fraction of sp³-hybridized carbons (Fsp3) is 0.200. The summed E-state index contributed by atoms with van der Waals surface area (Å²) in [5.74, 6) is -0.496. The highest BCUT2D eigenvalue weighted by Crippen LogP contribution is 2.09. The first-order chi connectivity index (χ1) is 9.61. The standard InChI is InChI=1S/C15H15ClN2O2/c1-18-10-12(14(19)8-16)7-13(18)15(20)17-9-11-5-3-2-4-6-11/h2-7,10H,8-9H2,1H3,(H,17,20). The van der Waals surface area contributed by atoms with Gasteiger partial charge in [0.25, 0.3) is 5.91 Å². The molecule has 0 spiro atoms. The van der Waals surface area contributed by atoms with Gasteiger partial charge in [0.1, 0.15) is 5.69 Å². The zero-order chi connectivity index (χ0) is 14.5. The molecule has 0 bridgehead atoms. The number of benzene rings is 1. The monoisotopic (exact) mass is 290 g/mol. The molecule has 104 valence electrons. The average Bonchev–Trinajstić information content (AvgIpc) is 2.87. The van der Waals surface area contributed by atoms with Gasteiger partial charge in [0.2, 0.25) is 0 Å². The van der Waals surface area contributed by atoms with Crippen LogP contribution in [0.4, 0.5) is 0 Å². The van der Waals surface area contributed by atoms with Crippen LogP contribution >= 0.6 is 11.6 Å². The van der Waals surface area contributed by atoms with Gasteiger partial charge in [-0.1, -0.05) is 30.3 Å². The smallest absolute Gasteiger partial charge is 0.268 e. The van der Waals surface area contributed by atoms with Crippen molar-refractivity contribution in [3.8, 4) is 0 Å². The number of hydrogen-bond donors (Lipinski definition) is 1. The van der Waals surface area contributed by atoms with E-state index in [-0.39, 0.29) is 17.6 Å². The Bertz CT molecular complexity index is 620. The van der Waals surface area contributed by atoms with Crippen molar-refractivity contribution in [1.29, 1.82) is 0 Å². The van der Waals surface area contributed by atoms with E-state index < -0.39 is 0 Å². The number of amides is 1. The third-order valence-electron chi connectivity index (χ3n) is 2.98. The Morgan fingerprint density at radius 3 is 2.60 bits per heavy atom. The van der Waals surface area contributed by atoms with Crippen molar-refractivity contribution in [2.75, 3.05) is 5.88 Å². The van der Waals surface area contributed by atoms with E-state index in [2.05, 4.69) is 5.32 Å². The summed E-state index contributed by atoms with van der Waals surface area (Å²) in [4.78, 5) is 23.6. The summed E-state index contributed by atoms with van der Waals surface area (Å²) in [6.45, 7) is 0.448. The summed E-state index contributed by atoms with van der Waals surface area (Å²) in [5.41, 5.74) is 1.91. The van der Waals surface area contributed by atoms with Crippen LogP contribution in [0.1, 0.15) is 26.4 Å². The number of alkyl halides is 1. The molecule has 1 heterocycles. The van der Waals surface area contributed by atoms with Crippen molar-refractivity contribution in [1.82, 2.24) is 9.88 Å². The van der Waals surface area contributed by atoms with Gasteiger partial charge in [-0.2, -0.15) is 0 Å². The maximum Gasteiger partial charge on any atom is 0.268 e. The molecule has 0 aliphatic carbocycles. The Hall–Kier alpha value is -2.07. The van der Waals surface area contributed by atoms with Crippen molar-refractivity contribution >= 4 is 23.3 Å². The van der Waals surface area contributed by atoms with Gasteiger partial charge in [0.15, 0.2) is 5.78 Å². The van der Waals surface area contributed by atoms with E-state index in [1.807, 2.05) is 30.3 Å². The van der Waals surface area contributed by atoms with E-state index in [9.17, 15) is 9.59 Å². The number of halogens is 1. The van der Waals surface area contributed by atoms with Crippen molar-refractivity contribution in [3.05, 3.63) is 59.4 Å². The fourth-order valence-corrected chi connectivity index (χ4v) is 2.04. The second kappa shape index (κ2) is 6.39. The van der Waals surface area contributed by atoms with Gasteiger partial charge >= 0.3 is 0 Å². The van der Waals surface area contributed by atoms with E-state index in [0.29, 0.717) is 17.8 Å². The zero-order valence-corrected chi connectivity index (χ0v) is 11.9. The molecule has 0 fully saturated rings. The molecule has 1 aromatic carbocycles. The van der Waals surface area contributed by atoms with E-state index >= 15 is 0 Å². The van der Waals surface area contributed by atoms with E-state index in [0.717, 1.165) is 5.56 Å². The first-order valence-electron chi connectivity index (χ1n) is 6.19. The predicted molar refractivity (Wildman–Crippen MR) is 78.1 cm³/mol. The summed E-state index contributed by atoms with van der Waals surface area (Å²) < 4.78 is 1.63. The lowest BCUT2D eigenvalue weighted by Crippen LogP contribution is -2.24. The Labute approximate surface area is 122 Å². The number of aryl methyl sites for hydroxylation is 1. The van der Waals surface area contributed by atoms with Gasteiger partial charge in [0, 0.05) is 25.4 Å². The molecule has 20 heavy (non-hydrogen) atoms. The number of Topliss-reactive ketones (excluding diaryl/α,β-unsaturated/α-hetero) is 1. The summed E-state index contributed by atoms with van der Waals surface area (Å²) in [5, 5.41) is 2.82. The van der Waals surface area contributed by atoms with Gasteiger partial charge in [0.05, 0.1) is 5.88 Å². The Morgan fingerprint density at radius 2 is 1.95 bits per heavy atom. The Balaban J connectivity index is 2.06. The molecule has 5 heteroatoms. The highest BCUT2D eigenvalue weighted by molar-refractivity contribution is 6.30. The van der Waals surface area contributed by atoms with Crippen molar-refractivity contribution in [2.24, 2.45) is 7.05 Å². The van der Waals surface area contributed by atoms with E-state index in [4.69, 9.17) is 11.6 Å². The van der Waals surface area contributed by atoms with Crippen LogP contribution in [0.25, 0.3) is 0 Å². The number of hydrogen-bond acceptors (Lipinski definition) is 2. The molecule has 0 unspecified atom stereocenters. The van der Waals surface area contributed by atoms with Crippen LogP contribution < -0.4 is 5.32 Å². The molecule has 1 N–H and O–H groups in total. The molecule has 2 rings (SSSR count). The first-order valence-corrected chi connectivity index (χ1v) is 6.73. The maximum absolute atomic E-state index is 12.1. The normalized spacial score (nSPS) is 10.3. The largest absolute Gasteiger partial charge is 0.347 e. The molecule has 2 aromatic rings. The molecule has 0 saturated heterocycles. The predicted octanol–water partition coefficient (Wildman–Crippen LogP) is 2.38. The summed E-state index contributed by atoms with van der Waals surface area (Å²) in [7, 11) is 1.72. The molecular formula is C15H15ClN2O2. The summed E-state index contributed by atoms with van der Waals surface area (Å²) in [6.07, 6.45) is 1.61. The minimum atomic E-state index is -0.218. The van der Waals surface area contributed by atoms with Gasteiger partial charge in [-0.15, -0.1) is 11.6 Å². The molecule has 1 aromatic heterocycles. The first kappa shape index (κ1) is 14.3. The Morgan fingerprint density at radius 1 is 1.25 bits per heavy atom. The summed E-state index contributed by atoms with van der Waals surface area (Å²) in [6, 6.07) is 11.2. The number of nitrogens with zero attached hydrogens (tertiary/aromatic N) is 1. The van der Waals surface area contributed by atoms with E-state index in [1.54, 1.807) is 23.9 Å². The number of ketones is 1. The third kappa shape index (κ3) is 3.27. The van der Waals surface area contributed by atoms with Crippen molar-refractivity contribution < 1.29 is 9.59 Å². The number of carbonyl (C=O) groups excluding carboxylic acids is 2. The molecule has 1 amide bonds. The van der Waals surface area contributed by atoms with Gasteiger partial charge in [-0.25, -0.2) is 0 Å². The van der Waals surface area contributed by atoms with Crippen LogP contribution in [-0.4, -0.2) is 22.1 Å². The van der Waals surface area contributed by atoms with Gasteiger partial charge in [-0.05, 0) is 11.6 Å². The second-order valence-corrected chi connectivity index (χ2v) is 4.72. The molecule has 0 saturated carbocycles. The van der Waals surface area contributed by atoms with Crippen LogP contribution in [-0.2, 0) is 13.6 Å². The lowest BCUT2D eigenvalue weighted by molar-refractivity contribution is 0.0942. The minimum absolute atomic E-state index is 0.0882. The lowest BCUT2D eigenvalue weighted by Gasteiger charge is -2.05. The van der Waals surface area contributed by atoms with Gasteiger partial charge in [-0.3, -0.25) is 9.59 Å². The highest BCUT2D eigenvalue weighted by Gasteiger charge is 2.14. The molecular weight excluding hydrogens is 276 g/mol. The molecule has 0 aliphatic heterocycles. The number of carbonyl (C=O) groups is 2. The number of aromatic nitrogens is 1. The SMILES string of the molecule is Cn1cc(C(=O)CCl)cc1C(=O)NCc1ccccc1. The minimum Gasteiger partial charge on any atom is -0.347 e. The molecule has 0 atom stereocenters. The van der Waals surface area contributed by atoms with Crippen LogP contribution in [0.2, 0.25) is 0 Å². The lowest BCUT2D eigenvalue weighted by atomic mass is 10.2. The average molecular weight is 291 g/mol. The maximum atomic E-state index is 12.1. The number of nitrogens with one attached hydrogen (secondary N) is 1. The zero-order valence-electron chi connectivity index (χ0n) is 11.1. The number of rotatable bonds is 5. The van der Waals surface area contributed by atoms with Crippen molar-refractivity contribution in [3.63, 3.8) is 0 Å². The summed E-state index contributed by atoms with van der Waals surface area (Å²) >= 11 is 5.51. The topological polar surface area (TPSA) is 51.1 Å². The van der Waals surface area contributed by atoms with Crippen LogP contribution in [0, 0.1) is 0 Å². The van der Waals surface area contributed by atoms with Crippen LogP contribution in [0.5, 0.6) is 0 Å². The van der Waals surface area contributed by atoms with Crippen LogP contribution in [0.3, 0.4) is 0 Å². The third-order valence-corrected chi connectivity index (χ3v) is 3.22. The quantitative estimate of drug-likeness (QED) is 0.679. The fourth-order valence-electron chi connectivity index (χ4n) is 1.89. The van der Waals surface area contributed by atoms with E-state index in [1.165, 1.54) is 0 Å². The molecule has 4 nitrogen and oxygen atoms in total. The molecule has 0 aliphatic rings. The molecule has 0 radical (unpaired) electrons. The van der Waals surface area contributed by atoms with Gasteiger partial charge < -0.3 is 9.88 Å². The van der Waals surface area contributed by atoms with Crippen molar-refractivity contribution in [2.45, 2.75) is 6.54 Å².